The lowest BCUT2D eigenvalue weighted by Gasteiger charge is -2.26. The SMILES string of the molecule is CCN(CC(=O)NC(C)COC)C(C)CC(=O)O. The Labute approximate surface area is 108 Å². The lowest BCUT2D eigenvalue weighted by Crippen LogP contribution is -2.45. The molecule has 1 amide bonds. The molecule has 2 unspecified atom stereocenters. The smallest absolute Gasteiger partial charge is 0.304 e. The molecule has 2 atom stereocenters. The zero-order valence-corrected chi connectivity index (χ0v) is 11.6. The van der Waals surface area contributed by atoms with Gasteiger partial charge in [0.2, 0.25) is 5.91 Å². The van der Waals surface area contributed by atoms with Gasteiger partial charge in [-0.1, -0.05) is 6.92 Å². The zero-order chi connectivity index (χ0) is 14.1. The molecular weight excluding hydrogens is 236 g/mol. The summed E-state index contributed by atoms with van der Waals surface area (Å²) in [5, 5.41) is 11.5. The number of rotatable bonds is 9. The maximum Gasteiger partial charge on any atom is 0.304 e. The predicted molar refractivity (Wildman–Crippen MR) is 68.4 cm³/mol. The molecule has 0 aromatic carbocycles. The van der Waals surface area contributed by atoms with Gasteiger partial charge in [0, 0.05) is 19.2 Å². The molecule has 0 spiro atoms. The number of aliphatic carboxylic acids is 1. The van der Waals surface area contributed by atoms with Crippen LogP contribution in [0.3, 0.4) is 0 Å². The summed E-state index contributed by atoms with van der Waals surface area (Å²) in [5.74, 6) is -0.965. The first-order valence-electron chi connectivity index (χ1n) is 6.14. The molecule has 0 bridgehead atoms. The van der Waals surface area contributed by atoms with Crippen LogP contribution < -0.4 is 5.32 Å². The normalized spacial score (nSPS) is 14.3. The highest BCUT2D eigenvalue weighted by Crippen LogP contribution is 2.03. The van der Waals surface area contributed by atoms with Gasteiger partial charge >= 0.3 is 5.97 Å². The van der Waals surface area contributed by atoms with E-state index in [0.29, 0.717) is 13.2 Å². The van der Waals surface area contributed by atoms with Crippen molar-refractivity contribution in [2.24, 2.45) is 0 Å². The number of hydrogen-bond donors (Lipinski definition) is 2. The topological polar surface area (TPSA) is 78.9 Å². The van der Waals surface area contributed by atoms with Crippen molar-refractivity contribution in [2.45, 2.75) is 39.3 Å². The number of carboxylic acid groups (broad SMARTS) is 1. The third-order valence-electron chi connectivity index (χ3n) is 2.67. The number of amides is 1. The van der Waals surface area contributed by atoms with Crippen molar-refractivity contribution in [3.63, 3.8) is 0 Å². The Balaban J connectivity index is 4.18. The molecule has 106 valence electrons. The first-order chi connectivity index (χ1) is 8.40. The molecule has 0 aromatic heterocycles. The van der Waals surface area contributed by atoms with Gasteiger partial charge in [-0.15, -0.1) is 0 Å². The van der Waals surface area contributed by atoms with Crippen molar-refractivity contribution >= 4 is 11.9 Å². The Bertz CT molecular complexity index is 271. The van der Waals surface area contributed by atoms with E-state index in [1.807, 2.05) is 25.7 Å². The fourth-order valence-electron chi connectivity index (χ4n) is 1.76. The predicted octanol–water partition coefficient (Wildman–Crippen LogP) is 0.323. The van der Waals surface area contributed by atoms with Crippen LogP contribution >= 0.6 is 0 Å². The minimum atomic E-state index is -0.853. The van der Waals surface area contributed by atoms with Crippen LogP contribution in [0, 0.1) is 0 Å². The molecular formula is C12H24N2O4. The molecule has 0 saturated carbocycles. The van der Waals surface area contributed by atoms with Gasteiger partial charge in [-0.05, 0) is 20.4 Å². The molecule has 0 aliphatic carbocycles. The Morgan fingerprint density at radius 1 is 1.39 bits per heavy atom. The Hall–Kier alpha value is -1.14. The number of methoxy groups -OCH3 is 1. The molecule has 6 nitrogen and oxygen atoms in total. The lowest BCUT2D eigenvalue weighted by molar-refractivity contribution is -0.139. The second-order valence-corrected chi connectivity index (χ2v) is 4.43. The molecule has 0 fully saturated rings. The highest BCUT2D eigenvalue weighted by atomic mass is 16.5. The largest absolute Gasteiger partial charge is 0.481 e. The number of carbonyl (C=O) groups is 2. The molecule has 0 aromatic rings. The van der Waals surface area contributed by atoms with Crippen LogP contribution in [0.4, 0.5) is 0 Å². The van der Waals surface area contributed by atoms with Gasteiger partial charge in [-0.3, -0.25) is 14.5 Å². The quantitative estimate of drug-likeness (QED) is 0.624. The number of likely N-dealkylation sites (N-methyl/N-ethyl adjacent to an activating group) is 1. The van der Waals surface area contributed by atoms with E-state index in [4.69, 9.17) is 9.84 Å². The van der Waals surface area contributed by atoms with E-state index in [2.05, 4.69) is 5.32 Å². The van der Waals surface area contributed by atoms with Crippen molar-refractivity contribution in [1.82, 2.24) is 10.2 Å². The minimum absolute atomic E-state index is 0.0365. The standard InChI is InChI=1S/C12H24N2O4/c1-5-14(10(3)6-12(16)17)7-11(15)13-9(2)8-18-4/h9-10H,5-8H2,1-4H3,(H,13,15)(H,16,17). The molecule has 0 aliphatic rings. The summed E-state index contributed by atoms with van der Waals surface area (Å²) in [6, 6.07) is -0.202. The summed E-state index contributed by atoms with van der Waals surface area (Å²) in [5.41, 5.74) is 0. The fourth-order valence-corrected chi connectivity index (χ4v) is 1.76. The summed E-state index contributed by atoms with van der Waals surface area (Å²) >= 11 is 0. The van der Waals surface area contributed by atoms with Crippen molar-refractivity contribution in [1.29, 1.82) is 0 Å². The number of ether oxygens (including phenoxy) is 1. The van der Waals surface area contributed by atoms with E-state index in [-0.39, 0.29) is 31.0 Å². The first-order valence-corrected chi connectivity index (χ1v) is 6.14. The number of carboxylic acids is 1. The number of carbonyl (C=O) groups excluding carboxylic acids is 1. The van der Waals surface area contributed by atoms with E-state index >= 15 is 0 Å². The molecule has 2 N–H and O–H groups in total. The van der Waals surface area contributed by atoms with Gasteiger partial charge in [-0.2, -0.15) is 0 Å². The van der Waals surface area contributed by atoms with E-state index < -0.39 is 5.97 Å². The van der Waals surface area contributed by atoms with Gasteiger partial charge in [0.05, 0.1) is 19.6 Å². The highest BCUT2D eigenvalue weighted by Gasteiger charge is 2.18. The molecule has 0 aliphatic heterocycles. The monoisotopic (exact) mass is 260 g/mol. The first kappa shape index (κ1) is 16.9. The van der Waals surface area contributed by atoms with Gasteiger partial charge in [0.15, 0.2) is 0 Å². The Morgan fingerprint density at radius 3 is 2.44 bits per heavy atom. The van der Waals surface area contributed by atoms with Crippen molar-refractivity contribution in [3.8, 4) is 0 Å². The number of nitrogens with one attached hydrogen (secondary N) is 1. The van der Waals surface area contributed by atoms with E-state index in [1.54, 1.807) is 7.11 Å². The average molecular weight is 260 g/mol. The molecule has 0 heterocycles. The van der Waals surface area contributed by atoms with Crippen LogP contribution in [0.15, 0.2) is 0 Å². The van der Waals surface area contributed by atoms with E-state index in [0.717, 1.165) is 0 Å². The van der Waals surface area contributed by atoms with E-state index in [9.17, 15) is 9.59 Å². The van der Waals surface area contributed by atoms with Crippen LogP contribution in [-0.2, 0) is 14.3 Å². The number of hydrogen-bond acceptors (Lipinski definition) is 4. The molecule has 18 heavy (non-hydrogen) atoms. The Morgan fingerprint density at radius 2 is 2.00 bits per heavy atom. The van der Waals surface area contributed by atoms with Crippen molar-refractivity contribution in [3.05, 3.63) is 0 Å². The number of nitrogens with zero attached hydrogens (tertiary/aromatic N) is 1. The molecule has 0 radical (unpaired) electrons. The summed E-state index contributed by atoms with van der Waals surface area (Å²) in [7, 11) is 1.58. The van der Waals surface area contributed by atoms with Crippen LogP contribution in [0.1, 0.15) is 27.2 Å². The molecule has 0 rings (SSSR count). The van der Waals surface area contributed by atoms with Crippen LogP contribution in [0.5, 0.6) is 0 Å². The lowest BCUT2D eigenvalue weighted by atomic mass is 10.2. The third kappa shape index (κ3) is 7.24. The second-order valence-electron chi connectivity index (χ2n) is 4.43. The van der Waals surface area contributed by atoms with Gasteiger partial charge in [0.25, 0.3) is 0 Å². The molecule has 0 saturated heterocycles. The third-order valence-corrected chi connectivity index (χ3v) is 2.67. The maximum atomic E-state index is 11.7. The summed E-state index contributed by atoms with van der Waals surface area (Å²) in [6.45, 7) is 6.88. The van der Waals surface area contributed by atoms with Gasteiger partial charge in [-0.25, -0.2) is 0 Å². The van der Waals surface area contributed by atoms with Gasteiger partial charge < -0.3 is 15.2 Å². The van der Waals surface area contributed by atoms with Crippen LogP contribution in [0.2, 0.25) is 0 Å². The highest BCUT2D eigenvalue weighted by molar-refractivity contribution is 5.78. The zero-order valence-electron chi connectivity index (χ0n) is 11.6. The Kier molecular flexibility index (Phi) is 8.32. The molecule has 6 heteroatoms. The van der Waals surface area contributed by atoms with E-state index in [1.165, 1.54) is 0 Å². The summed E-state index contributed by atoms with van der Waals surface area (Å²) in [6.07, 6.45) is 0.0365. The second kappa shape index (κ2) is 8.88. The minimum Gasteiger partial charge on any atom is -0.481 e. The summed E-state index contributed by atoms with van der Waals surface area (Å²) in [4.78, 5) is 24.2. The average Bonchev–Trinajstić information content (AvgIpc) is 2.24. The maximum absolute atomic E-state index is 11.7. The summed E-state index contributed by atoms with van der Waals surface area (Å²) < 4.78 is 4.93. The van der Waals surface area contributed by atoms with Crippen LogP contribution in [-0.4, -0.2) is 60.8 Å². The van der Waals surface area contributed by atoms with Crippen LogP contribution in [0.25, 0.3) is 0 Å². The van der Waals surface area contributed by atoms with Crippen molar-refractivity contribution < 1.29 is 19.4 Å². The van der Waals surface area contributed by atoms with Gasteiger partial charge in [0.1, 0.15) is 0 Å². The fraction of sp³-hybridized carbons (Fsp3) is 0.833. The van der Waals surface area contributed by atoms with Crippen molar-refractivity contribution in [2.75, 3.05) is 26.8 Å².